The van der Waals surface area contributed by atoms with Crippen molar-refractivity contribution >= 4 is 29.5 Å². The lowest BCUT2D eigenvalue weighted by Gasteiger charge is -2.13. The summed E-state index contributed by atoms with van der Waals surface area (Å²) in [5, 5.41) is 1.94. The summed E-state index contributed by atoms with van der Waals surface area (Å²) in [6.07, 6.45) is 0.776. The fourth-order valence-electron chi connectivity index (χ4n) is 1.57. The molecule has 8 nitrogen and oxygen atoms in total. The maximum Gasteiger partial charge on any atom is 0.338 e. The van der Waals surface area contributed by atoms with Gasteiger partial charge in [-0.05, 0) is 18.6 Å². The number of urea groups is 1. The number of rotatable bonds is 7. The molecule has 0 aliphatic heterocycles. The quantitative estimate of drug-likeness (QED) is 0.724. The van der Waals surface area contributed by atoms with E-state index in [9.17, 15) is 14.4 Å². The van der Waals surface area contributed by atoms with Gasteiger partial charge >= 0.3 is 12.0 Å². The number of hydrogen-bond acceptors (Lipinski definition) is 6. The van der Waals surface area contributed by atoms with Gasteiger partial charge in [0.25, 0.3) is 5.91 Å². The number of imide groups is 1. The summed E-state index contributed by atoms with van der Waals surface area (Å²) in [6.45, 7) is 1.71. The lowest BCUT2D eigenvalue weighted by molar-refractivity contribution is -0.123. The number of amides is 3. The van der Waals surface area contributed by atoms with Gasteiger partial charge < -0.3 is 19.9 Å². The minimum Gasteiger partial charge on any atom is -0.493 e. The molecule has 1 aromatic rings. The molecule has 0 aliphatic rings. The van der Waals surface area contributed by atoms with Crippen molar-refractivity contribution in [3.05, 3.63) is 22.7 Å². The van der Waals surface area contributed by atoms with Crippen LogP contribution in [-0.4, -0.2) is 38.2 Å². The zero-order valence-electron chi connectivity index (χ0n) is 12.7. The molecular weight excluding hydrogens is 328 g/mol. The molecule has 0 bridgehead atoms. The van der Waals surface area contributed by atoms with Crippen molar-refractivity contribution in [1.29, 1.82) is 0 Å². The minimum atomic E-state index is -1.03. The van der Waals surface area contributed by atoms with E-state index in [1.54, 1.807) is 5.32 Å². The predicted octanol–water partition coefficient (Wildman–Crippen LogP) is 1.49. The van der Waals surface area contributed by atoms with Crippen molar-refractivity contribution in [2.45, 2.75) is 13.3 Å². The number of halogens is 1. The van der Waals surface area contributed by atoms with E-state index in [1.165, 1.54) is 19.2 Å². The SMILES string of the molecule is CCCOc1c(Cl)cc(C(=O)OCC(=O)NC(N)=O)cc1OC. The average molecular weight is 345 g/mol. The summed E-state index contributed by atoms with van der Waals surface area (Å²) >= 11 is 6.07. The van der Waals surface area contributed by atoms with Gasteiger partial charge in [0.2, 0.25) is 0 Å². The lowest BCUT2D eigenvalue weighted by Crippen LogP contribution is -2.37. The maximum atomic E-state index is 11.9. The molecule has 0 aliphatic carbocycles. The van der Waals surface area contributed by atoms with Crippen LogP contribution in [0.5, 0.6) is 11.5 Å². The number of ether oxygens (including phenoxy) is 3. The molecule has 0 atom stereocenters. The van der Waals surface area contributed by atoms with Gasteiger partial charge in [0.1, 0.15) is 0 Å². The first-order chi connectivity index (χ1) is 10.9. The number of benzene rings is 1. The Balaban J connectivity index is 2.83. The third-order valence-corrected chi connectivity index (χ3v) is 2.79. The van der Waals surface area contributed by atoms with E-state index >= 15 is 0 Å². The Morgan fingerprint density at radius 3 is 2.57 bits per heavy atom. The molecule has 0 spiro atoms. The monoisotopic (exact) mass is 344 g/mol. The number of nitrogens with two attached hydrogens (primary N) is 1. The highest BCUT2D eigenvalue weighted by Gasteiger charge is 2.18. The second-order valence-electron chi connectivity index (χ2n) is 4.33. The molecule has 0 aromatic heterocycles. The molecule has 0 fully saturated rings. The van der Waals surface area contributed by atoms with Crippen molar-refractivity contribution < 1.29 is 28.6 Å². The molecule has 3 N–H and O–H groups in total. The van der Waals surface area contributed by atoms with Crippen LogP contribution in [0.15, 0.2) is 12.1 Å². The minimum absolute atomic E-state index is 0.0718. The molecular formula is C14H17ClN2O6. The molecule has 0 saturated heterocycles. The molecule has 0 unspecified atom stereocenters. The normalized spacial score (nSPS) is 9.87. The molecule has 1 aromatic carbocycles. The van der Waals surface area contributed by atoms with Gasteiger partial charge in [-0.15, -0.1) is 0 Å². The molecule has 126 valence electrons. The van der Waals surface area contributed by atoms with E-state index in [4.69, 9.17) is 31.5 Å². The van der Waals surface area contributed by atoms with E-state index in [0.29, 0.717) is 12.4 Å². The van der Waals surface area contributed by atoms with Crippen LogP contribution >= 0.6 is 11.6 Å². The number of esters is 1. The molecule has 3 amide bonds. The second kappa shape index (κ2) is 8.84. The fraction of sp³-hybridized carbons (Fsp3) is 0.357. The van der Waals surface area contributed by atoms with Gasteiger partial charge in [-0.1, -0.05) is 18.5 Å². The number of carbonyl (C=O) groups is 3. The summed E-state index contributed by atoms with van der Waals surface area (Å²) in [7, 11) is 1.40. The van der Waals surface area contributed by atoms with E-state index < -0.39 is 24.5 Å². The summed E-state index contributed by atoms with van der Waals surface area (Å²) in [5.41, 5.74) is 4.84. The van der Waals surface area contributed by atoms with Gasteiger partial charge in [-0.2, -0.15) is 0 Å². The van der Waals surface area contributed by atoms with Crippen LogP contribution < -0.4 is 20.5 Å². The molecule has 23 heavy (non-hydrogen) atoms. The van der Waals surface area contributed by atoms with Crippen LogP contribution in [0.25, 0.3) is 0 Å². The van der Waals surface area contributed by atoms with Crippen molar-refractivity contribution in [2.75, 3.05) is 20.3 Å². The number of nitrogens with one attached hydrogen (secondary N) is 1. The highest BCUT2D eigenvalue weighted by Crippen LogP contribution is 2.36. The zero-order chi connectivity index (χ0) is 17.4. The second-order valence-corrected chi connectivity index (χ2v) is 4.73. The lowest BCUT2D eigenvalue weighted by atomic mass is 10.2. The van der Waals surface area contributed by atoms with Crippen molar-refractivity contribution in [3.8, 4) is 11.5 Å². The molecule has 0 radical (unpaired) electrons. The van der Waals surface area contributed by atoms with Crippen molar-refractivity contribution in [1.82, 2.24) is 5.32 Å². The van der Waals surface area contributed by atoms with E-state index in [1.807, 2.05) is 6.92 Å². The Labute approximate surface area is 137 Å². The summed E-state index contributed by atoms with van der Waals surface area (Å²) in [4.78, 5) is 33.6. The zero-order valence-corrected chi connectivity index (χ0v) is 13.4. The first-order valence-electron chi connectivity index (χ1n) is 6.65. The van der Waals surface area contributed by atoms with Gasteiger partial charge in [-0.25, -0.2) is 9.59 Å². The van der Waals surface area contributed by atoms with Crippen LogP contribution in [0, 0.1) is 0 Å². The first-order valence-corrected chi connectivity index (χ1v) is 7.03. The molecule has 1 rings (SSSR count). The van der Waals surface area contributed by atoms with Crippen molar-refractivity contribution in [3.63, 3.8) is 0 Å². The van der Waals surface area contributed by atoms with Crippen molar-refractivity contribution in [2.24, 2.45) is 5.73 Å². The van der Waals surface area contributed by atoms with Crippen LogP contribution in [0.1, 0.15) is 23.7 Å². The predicted molar refractivity (Wildman–Crippen MR) is 81.8 cm³/mol. The average Bonchev–Trinajstić information content (AvgIpc) is 2.50. The third-order valence-electron chi connectivity index (χ3n) is 2.51. The molecule has 9 heteroatoms. The number of methoxy groups -OCH3 is 1. The fourth-order valence-corrected chi connectivity index (χ4v) is 1.84. The Morgan fingerprint density at radius 2 is 2.00 bits per heavy atom. The first kappa shape index (κ1) is 18.6. The number of primary amides is 1. The highest BCUT2D eigenvalue weighted by molar-refractivity contribution is 6.32. The summed E-state index contributed by atoms with van der Waals surface area (Å²) in [6, 6.07) is 1.68. The van der Waals surface area contributed by atoms with E-state index in [2.05, 4.69) is 0 Å². The van der Waals surface area contributed by atoms with E-state index in [-0.39, 0.29) is 16.3 Å². The van der Waals surface area contributed by atoms with Crippen LogP contribution in [0.3, 0.4) is 0 Å². The third kappa shape index (κ3) is 5.67. The van der Waals surface area contributed by atoms with Gasteiger partial charge in [-0.3, -0.25) is 10.1 Å². The molecule has 0 heterocycles. The Bertz CT molecular complexity index is 605. The number of carbonyl (C=O) groups excluding carboxylic acids is 3. The van der Waals surface area contributed by atoms with Crippen LogP contribution in [0.4, 0.5) is 4.79 Å². The molecule has 0 saturated carbocycles. The maximum absolute atomic E-state index is 11.9. The van der Waals surface area contributed by atoms with Gasteiger partial charge in [0.05, 0.1) is 24.3 Å². The summed E-state index contributed by atoms with van der Waals surface area (Å²) in [5.74, 6) is -1.07. The van der Waals surface area contributed by atoms with Crippen LogP contribution in [-0.2, 0) is 9.53 Å². The smallest absolute Gasteiger partial charge is 0.338 e. The van der Waals surface area contributed by atoms with Gasteiger partial charge in [0.15, 0.2) is 18.1 Å². The van der Waals surface area contributed by atoms with E-state index in [0.717, 1.165) is 6.42 Å². The Hall–Kier alpha value is -2.48. The van der Waals surface area contributed by atoms with Gasteiger partial charge in [0, 0.05) is 0 Å². The standard InChI is InChI=1S/C14H17ClN2O6/c1-3-4-22-12-9(15)5-8(6-10(12)21-2)13(19)23-7-11(18)17-14(16)20/h5-6H,3-4,7H2,1-2H3,(H3,16,17,18,20). The summed E-state index contributed by atoms with van der Waals surface area (Å²) < 4.78 is 15.3. The van der Waals surface area contributed by atoms with Crippen LogP contribution in [0.2, 0.25) is 5.02 Å². The largest absolute Gasteiger partial charge is 0.493 e. The Morgan fingerprint density at radius 1 is 1.30 bits per heavy atom. The Kier molecular flexibility index (Phi) is 7.14. The number of hydrogen-bond donors (Lipinski definition) is 2. The topological polar surface area (TPSA) is 117 Å². The highest BCUT2D eigenvalue weighted by atomic mass is 35.5.